The van der Waals surface area contributed by atoms with Gasteiger partial charge in [-0.2, -0.15) is 0 Å². The lowest BCUT2D eigenvalue weighted by molar-refractivity contribution is -0.379. The lowest BCUT2D eigenvalue weighted by Crippen LogP contribution is -2.66. The van der Waals surface area contributed by atoms with E-state index in [1.165, 1.54) is 109 Å². The van der Waals surface area contributed by atoms with Crippen LogP contribution in [-0.4, -0.2) is 193 Å². The zero-order valence-electron chi connectivity index (χ0n) is 50.7. The SMILES string of the molecule is CC/C=C\C/C=C\C/C=C\C/C=C\CCCCCCCCCCCCCCC(=O)NC(COC1OC(CO)C(OC2OC(CO)C(OC3OC(CO)C(O)C(O)C3O)C(O)C2O)C(O)C1O)C(O)CCCCCCCCCCCCCCC. The Kier molecular flexibility index (Phi) is 42.3. The summed E-state index contributed by atoms with van der Waals surface area (Å²) in [6.45, 7) is 1.67. The molecule has 12 N–H and O–H groups in total. The Labute approximate surface area is 497 Å². The molecule has 0 aromatic carbocycles. The molecule has 0 aromatic rings. The van der Waals surface area contributed by atoms with Crippen molar-refractivity contribution < 1.29 is 89.4 Å². The first-order chi connectivity index (χ1) is 40.3. The molecule has 17 unspecified atom stereocenters. The highest BCUT2D eigenvalue weighted by molar-refractivity contribution is 5.76. The van der Waals surface area contributed by atoms with Gasteiger partial charge in [0.15, 0.2) is 18.9 Å². The summed E-state index contributed by atoms with van der Waals surface area (Å²) in [7, 11) is 0. The Hall–Kier alpha value is -2.25. The molecule has 3 aliphatic heterocycles. The van der Waals surface area contributed by atoms with Crippen LogP contribution in [0.3, 0.4) is 0 Å². The largest absolute Gasteiger partial charge is 0.394 e. The Morgan fingerprint density at radius 2 is 0.831 bits per heavy atom. The average molecular weight is 1190 g/mol. The monoisotopic (exact) mass is 1190 g/mol. The quantitative estimate of drug-likeness (QED) is 0.0215. The maximum absolute atomic E-state index is 13.4. The van der Waals surface area contributed by atoms with Gasteiger partial charge >= 0.3 is 0 Å². The molecule has 0 spiro atoms. The topological polar surface area (TPSA) is 307 Å². The van der Waals surface area contributed by atoms with E-state index in [-0.39, 0.29) is 18.9 Å². The molecular formula is C64H115NO18. The van der Waals surface area contributed by atoms with E-state index in [0.29, 0.717) is 12.8 Å². The predicted molar refractivity (Wildman–Crippen MR) is 319 cm³/mol. The molecule has 3 heterocycles. The van der Waals surface area contributed by atoms with Gasteiger partial charge in [0.05, 0.1) is 38.6 Å². The Balaban J connectivity index is 1.43. The number of aliphatic hydroxyl groups excluding tert-OH is 11. The molecule has 0 saturated carbocycles. The third-order valence-electron chi connectivity index (χ3n) is 16.2. The standard InChI is InChI=1S/C64H115NO18/c1-3-5-7-9-11-13-15-17-18-19-20-21-22-23-24-25-26-27-28-30-32-34-36-38-40-42-52(70)65-47(48(69)41-39-37-35-33-31-29-16-14-12-10-8-6-4-2)46-78-62-58(76)55(73)60(50(44-67)80-62)83-64-59(77)56(74)61(51(45-68)81-64)82-63-57(75)54(72)53(71)49(43-66)79-63/h5,7,11,13,17-18,20-21,47-51,53-64,66-69,71-77H,3-4,6,8-10,12,14-16,19,22-46H2,1-2H3,(H,65,70)/b7-5-,13-11-,18-17-,21-20-. The third-order valence-corrected chi connectivity index (χ3v) is 16.2. The number of nitrogens with one attached hydrogen (secondary N) is 1. The molecule has 0 bridgehead atoms. The molecule has 0 aliphatic carbocycles. The van der Waals surface area contributed by atoms with Gasteiger partial charge in [0.1, 0.15) is 73.2 Å². The maximum Gasteiger partial charge on any atom is 0.220 e. The predicted octanol–water partition coefficient (Wildman–Crippen LogP) is 7.04. The second-order valence-corrected chi connectivity index (χ2v) is 23.2. The van der Waals surface area contributed by atoms with Crippen LogP contribution in [0.2, 0.25) is 0 Å². The summed E-state index contributed by atoms with van der Waals surface area (Å²) in [5.74, 6) is -0.247. The molecule has 3 saturated heterocycles. The minimum Gasteiger partial charge on any atom is -0.394 e. The van der Waals surface area contributed by atoms with Crippen LogP contribution in [0.5, 0.6) is 0 Å². The molecule has 1 amide bonds. The van der Waals surface area contributed by atoms with Crippen molar-refractivity contribution in [3.05, 3.63) is 48.6 Å². The minimum absolute atomic E-state index is 0.247. The minimum atomic E-state index is -1.97. The van der Waals surface area contributed by atoms with Crippen molar-refractivity contribution in [3.8, 4) is 0 Å². The fourth-order valence-electron chi connectivity index (χ4n) is 10.9. The van der Waals surface area contributed by atoms with Crippen molar-refractivity contribution in [3.63, 3.8) is 0 Å². The van der Waals surface area contributed by atoms with Crippen LogP contribution < -0.4 is 5.32 Å². The molecule has 19 nitrogen and oxygen atoms in total. The summed E-state index contributed by atoms with van der Waals surface area (Å²) in [4.78, 5) is 13.4. The van der Waals surface area contributed by atoms with Crippen molar-refractivity contribution in [2.75, 3.05) is 26.4 Å². The summed E-state index contributed by atoms with van der Waals surface area (Å²) in [6.07, 6.45) is 26.2. The number of amides is 1. The highest BCUT2D eigenvalue weighted by Crippen LogP contribution is 2.33. The van der Waals surface area contributed by atoms with Crippen LogP contribution in [0, 0.1) is 0 Å². The number of rotatable bonds is 48. The number of carbonyl (C=O) groups is 1. The molecule has 83 heavy (non-hydrogen) atoms. The van der Waals surface area contributed by atoms with Crippen LogP contribution in [0.15, 0.2) is 48.6 Å². The Bertz CT molecular complexity index is 1700. The van der Waals surface area contributed by atoms with Gasteiger partial charge in [0.25, 0.3) is 0 Å². The van der Waals surface area contributed by atoms with Crippen LogP contribution in [0.1, 0.15) is 219 Å². The summed E-state index contributed by atoms with van der Waals surface area (Å²) in [5, 5.41) is 120. The van der Waals surface area contributed by atoms with E-state index in [2.05, 4.69) is 67.8 Å². The highest BCUT2D eigenvalue weighted by Gasteiger charge is 2.53. The normalized spacial score (nSPS) is 29.7. The Morgan fingerprint density at radius 1 is 0.446 bits per heavy atom. The lowest BCUT2D eigenvalue weighted by atomic mass is 9.96. The lowest BCUT2D eigenvalue weighted by Gasteiger charge is -2.48. The van der Waals surface area contributed by atoms with Gasteiger partial charge in [-0.25, -0.2) is 0 Å². The number of hydrogen-bond acceptors (Lipinski definition) is 18. The maximum atomic E-state index is 13.4. The molecule has 19 heteroatoms. The molecule has 484 valence electrons. The van der Waals surface area contributed by atoms with Gasteiger partial charge in [-0.3, -0.25) is 4.79 Å². The van der Waals surface area contributed by atoms with Gasteiger partial charge in [-0.15, -0.1) is 0 Å². The molecule has 3 aliphatic rings. The molecule has 0 radical (unpaired) electrons. The molecule has 3 rings (SSSR count). The van der Waals surface area contributed by atoms with Gasteiger partial charge in [-0.05, 0) is 51.4 Å². The van der Waals surface area contributed by atoms with Gasteiger partial charge in [0.2, 0.25) is 5.91 Å². The van der Waals surface area contributed by atoms with Crippen molar-refractivity contribution in [1.82, 2.24) is 5.32 Å². The van der Waals surface area contributed by atoms with Crippen LogP contribution in [0.4, 0.5) is 0 Å². The summed E-state index contributed by atoms with van der Waals surface area (Å²) >= 11 is 0. The van der Waals surface area contributed by atoms with E-state index in [4.69, 9.17) is 28.4 Å². The zero-order valence-corrected chi connectivity index (χ0v) is 50.7. The first kappa shape index (κ1) is 75.0. The second-order valence-electron chi connectivity index (χ2n) is 23.2. The van der Waals surface area contributed by atoms with Crippen molar-refractivity contribution >= 4 is 5.91 Å². The van der Waals surface area contributed by atoms with E-state index in [1.54, 1.807) is 0 Å². The first-order valence-corrected chi connectivity index (χ1v) is 32.4. The summed E-state index contributed by atoms with van der Waals surface area (Å²) in [5.41, 5.74) is 0. The Morgan fingerprint density at radius 3 is 1.30 bits per heavy atom. The van der Waals surface area contributed by atoms with Crippen LogP contribution >= 0.6 is 0 Å². The zero-order chi connectivity index (χ0) is 60.5. The van der Waals surface area contributed by atoms with Gasteiger partial charge in [0, 0.05) is 6.42 Å². The number of ether oxygens (including phenoxy) is 6. The van der Waals surface area contributed by atoms with Gasteiger partial charge < -0.3 is 89.9 Å². The van der Waals surface area contributed by atoms with Crippen molar-refractivity contribution in [2.45, 2.75) is 324 Å². The smallest absolute Gasteiger partial charge is 0.220 e. The highest BCUT2D eigenvalue weighted by atomic mass is 16.8. The third kappa shape index (κ3) is 30.0. The first-order valence-electron chi connectivity index (χ1n) is 32.4. The summed E-state index contributed by atoms with van der Waals surface area (Å²) < 4.78 is 34.3. The van der Waals surface area contributed by atoms with E-state index in [1.807, 2.05) is 0 Å². The molecule has 0 aromatic heterocycles. The fraction of sp³-hybridized carbons (Fsp3) is 0.859. The number of aliphatic hydroxyl groups is 11. The van der Waals surface area contributed by atoms with E-state index < -0.39 is 124 Å². The molecule has 3 fully saturated rings. The van der Waals surface area contributed by atoms with E-state index in [0.717, 1.165) is 77.0 Å². The van der Waals surface area contributed by atoms with Gasteiger partial charge in [-0.1, -0.05) is 210 Å². The number of carbonyl (C=O) groups excluding carboxylic acids is 1. The molecular weight excluding hydrogens is 1070 g/mol. The second kappa shape index (κ2) is 46.8. The van der Waals surface area contributed by atoms with Crippen LogP contribution in [-0.2, 0) is 33.2 Å². The summed E-state index contributed by atoms with van der Waals surface area (Å²) in [6, 6.07) is -0.888. The van der Waals surface area contributed by atoms with Crippen LogP contribution in [0.25, 0.3) is 0 Å². The number of allylic oxidation sites excluding steroid dienone is 8. The van der Waals surface area contributed by atoms with E-state index >= 15 is 0 Å². The van der Waals surface area contributed by atoms with E-state index in [9.17, 15) is 61.0 Å². The van der Waals surface area contributed by atoms with Crippen molar-refractivity contribution in [2.24, 2.45) is 0 Å². The number of hydrogen-bond donors (Lipinski definition) is 12. The van der Waals surface area contributed by atoms with Crippen molar-refractivity contribution in [1.29, 1.82) is 0 Å². The fourth-order valence-corrected chi connectivity index (χ4v) is 10.9. The number of unbranched alkanes of at least 4 members (excludes halogenated alkanes) is 24. The average Bonchev–Trinajstić information content (AvgIpc) is 3.57. The molecule has 17 atom stereocenters.